The van der Waals surface area contributed by atoms with Crippen molar-refractivity contribution in [2.24, 2.45) is 0 Å². The number of rotatable bonds is 4. The predicted molar refractivity (Wildman–Crippen MR) is 65.9 cm³/mol. The van der Waals surface area contributed by atoms with Crippen molar-refractivity contribution in [3.05, 3.63) is 30.2 Å². The number of hydrogen-bond donors (Lipinski definition) is 0. The molecule has 0 unspecified atom stereocenters. The lowest BCUT2D eigenvalue weighted by Gasteiger charge is -1.96. The maximum Gasteiger partial charge on any atom is 0.228 e. The van der Waals surface area contributed by atoms with Gasteiger partial charge in [0.25, 0.3) is 0 Å². The summed E-state index contributed by atoms with van der Waals surface area (Å²) in [6.45, 7) is 0. The van der Waals surface area contributed by atoms with Crippen molar-refractivity contribution in [2.75, 3.05) is 12.1 Å². The molecule has 0 aliphatic heterocycles. The lowest BCUT2D eigenvalue weighted by Crippen LogP contribution is -1.86. The molecule has 0 radical (unpaired) electrons. The molecule has 0 N–H and O–H groups in total. The summed E-state index contributed by atoms with van der Waals surface area (Å²) in [5.41, 5.74) is 0.961. The highest BCUT2D eigenvalue weighted by Crippen LogP contribution is 2.20. The molecule has 2 rings (SSSR count). The van der Waals surface area contributed by atoms with Gasteiger partial charge in [0.1, 0.15) is 0 Å². The molecule has 1 aromatic carbocycles. The van der Waals surface area contributed by atoms with E-state index in [2.05, 4.69) is 10.1 Å². The summed E-state index contributed by atoms with van der Waals surface area (Å²) in [7, 11) is 0. The molecule has 0 amide bonds. The van der Waals surface area contributed by atoms with Crippen molar-refractivity contribution in [1.29, 1.82) is 0 Å². The van der Waals surface area contributed by atoms with E-state index in [0.29, 0.717) is 24.0 Å². The zero-order chi connectivity index (χ0) is 11.4. The number of hydrogen-bond acceptors (Lipinski definition) is 4. The smallest absolute Gasteiger partial charge is 0.228 e. The van der Waals surface area contributed by atoms with Crippen LogP contribution in [-0.2, 0) is 6.42 Å². The molecular formula is C11H11ClN2OS. The Bertz CT molecular complexity index is 455. The molecule has 0 spiro atoms. The summed E-state index contributed by atoms with van der Waals surface area (Å²) in [5, 5.41) is 3.91. The van der Waals surface area contributed by atoms with Crippen LogP contribution < -0.4 is 0 Å². The molecule has 84 valence electrons. The number of aryl methyl sites for hydroxylation is 1. The Labute approximate surface area is 103 Å². The van der Waals surface area contributed by atoms with Crippen molar-refractivity contribution in [1.82, 2.24) is 10.1 Å². The van der Waals surface area contributed by atoms with Crippen molar-refractivity contribution in [3.8, 4) is 11.4 Å². The zero-order valence-electron chi connectivity index (χ0n) is 8.81. The van der Waals surface area contributed by atoms with Crippen LogP contribution in [0.1, 0.15) is 5.89 Å². The van der Waals surface area contributed by atoms with Gasteiger partial charge in [-0.05, 0) is 30.5 Å². The first-order valence-corrected chi connectivity index (χ1v) is 6.62. The molecule has 0 saturated heterocycles. The highest BCUT2D eigenvalue weighted by Gasteiger charge is 2.07. The zero-order valence-corrected chi connectivity index (χ0v) is 10.4. The van der Waals surface area contributed by atoms with E-state index in [1.165, 1.54) is 4.90 Å². The van der Waals surface area contributed by atoms with E-state index < -0.39 is 0 Å². The lowest BCUT2D eigenvalue weighted by atomic mass is 10.2. The van der Waals surface area contributed by atoms with E-state index in [-0.39, 0.29) is 0 Å². The van der Waals surface area contributed by atoms with Crippen LogP contribution in [0.4, 0.5) is 0 Å². The first-order valence-electron chi connectivity index (χ1n) is 4.86. The third kappa shape index (κ3) is 2.57. The minimum atomic E-state index is 0.493. The first kappa shape index (κ1) is 11.5. The van der Waals surface area contributed by atoms with Crippen LogP contribution in [0.25, 0.3) is 11.4 Å². The minimum absolute atomic E-state index is 0.493. The van der Waals surface area contributed by atoms with Crippen LogP contribution in [-0.4, -0.2) is 22.3 Å². The second-order valence-electron chi connectivity index (χ2n) is 3.18. The minimum Gasteiger partial charge on any atom is -0.339 e. The molecule has 2 aromatic rings. The van der Waals surface area contributed by atoms with Crippen LogP contribution in [0, 0.1) is 0 Å². The number of alkyl halides is 1. The Hall–Kier alpha value is -1.00. The summed E-state index contributed by atoms with van der Waals surface area (Å²) in [5.74, 6) is 1.69. The van der Waals surface area contributed by atoms with Gasteiger partial charge in [-0.1, -0.05) is 5.16 Å². The van der Waals surface area contributed by atoms with Crippen molar-refractivity contribution >= 4 is 23.4 Å². The van der Waals surface area contributed by atoms with E-state index in [1.807, 2.05) is 30.5 Å². The molecule has 1 heterocycles. The number of benzene rings is 1. The van der Waals surface area contributed by atoms with Gasteiger partial charge in [0.15, 0.2) is 0 Å². The second kappa shape index (κ2) is 5.37. The second-order valence-corrected chi connectivity index (χ2v) is 4.44. The Balaban J connectivity index is 2.21. The Morgan fingerprint density at radius 2 is 2.06 bits per heavy atom. The average molecular weight is 255 g/mol. The number of halogens is 1. The fraction of sp³-hybridized carbons (Fsp3) is 0.273. The summed E-state index contributed by atoms with van der Waals surface area (Å²) in [6.07, 6.45) is 2.65. The van der Waals surface area contributed by atoms with E-state index in [1.54, 1.807) is 11.8 Å². The quantitative estimate of drug-likeness (QED) is 0.620. The van der Waals surface area contributed by atoms with Crippen LogP contribution >= 0.6 is 23.4 Å². The third-order valence-electron chi connectivity index (χ3n) is 2.12. The maximum absolute atomic E-state index is 5.60. The average Bonchev–Trinajstić information content (AvgIpc) is 2.78. The molecule has 0 atom stereocenters. The van der Waals surface area contributed by atoms with Crippen molar-refractivity contribution in [2.45, 2.75) is 11.3 Å². The van der Waals surface area contributed by atoms with Gasteiger partial charge in [-0.3, -0.25) is 0 Å². The summed E-state index contributed by atoms with van der Waals surface area (Å²) >= 11 is 7.30. The molecule has 1 aromatic heterocycles. The monoisotopic (exact) mass is 254 g/mol. The molecule has 0 fully saturated rings. The molecule has 0 aliphatic carbocycles. The van der Waals surface area contributed by atoms with Gasteiger partial charge in [0.2, 0.25) is 11.7 Å². The van der Waals surface area contributed by atoms with Crippen LogP contribution in [0.5, 0.6) is 0 Å². The maximum atomic E-state index is 5.60. The lowest BCUT2D eigenvalue weighted by molar-refractivity contribution is 0.383. The van der Waals surface area contributed by atoms with E-state index in [0.717, 1.165) is 5.56 Å². The van der Waals surface area contributed by atoms with Gasteiger partial charge in [-0.15, -0.1) is 23.4 Å². The van der Waals surface area contributed by atoms with Gasteiger partial charge in [0.05, 0.1) is 0 Å². The fourth-order valence-electron chi connectivity index (χ4n) is 1.29. The highest BCUT2D eigenvalue weighted by atomic mass is 35.5. The van der Waals surface area contributed by atoms with E-state index >= 15 is 0 Å². The normalized spacial score (nSPS) is 10.6. The predicted octanol–water partition coefficient (Wildman–Crippen LogP) is 3.24. The first-order chi connectivity index (χ1) is 7.83. The number of nitrogens with zero attached hydrogens (tertiary/aromatic N) is 2. The summed E-state index contributed by atoms with van der Waals surface area (Å²) in [4.78, 5) is 5.47. The molecule has 0 saturated carbocycles. The summed E-state index contributed by atoms with van der Waals surface area (Å²) in [6, 6.07) is 8.05. The largest absolute Gasteiger partial charge is 0.339 e. The van der Waals surface area contributed by atoms with E-state index in [9.17, 15) is 0 Å². The van der Waals surface area contributed by atoms with E-state index in [4.69, 9.17) is 16.1 Å². The van der Waals surface area contributed by atoms with Gasteiger partial charge in [0, 0.05) is 22.8 Å². The van der Waals surface area contributed by atoms with Crippen LogP contribution in [0.15, 0.2) is 33.7 Å². The Morgan fingerprint density at radius 3 is 2.69 bits per heavy atom. The molecule has 0 aliphatic rings. The van der Waals surface area contributed by atoms with Gasteiger partial charge < -0.3 is 4.52 Å². The van der Waals surface area contributed by atoms with Crippen molar-refractivity contribution in [3.63, 3.8) is 0 Å². The van der Waals surface area contributed by atoms with Gasteiger partial charge in [-0.2, -0.15) is 4.98 Å². The molecule has 0 bridgehead atoms. The van der Waals surface area contributed by atoms with Crippen LogP contribution in [0.3, 0.4) is 0 Å². The molecule has 5 heteroatoms. The molecule has 16 heavy (non-hydrogen) atoms. The van der Waals surface area contributed by atoms with Gasteiger partial charge in [-0.25, -0.2) is 0 Å². The van der Waals surface area contributed by atoms with Gasteiger partial charge >= 0.3 is 0 Å². The molecular weight excluding hydrogens is 244 g/mol. The van der Waals surface area contributed by atoms with Crippen molar-refractivity contribution < 1.29 is 4.52 Å². The Morgan fingerprint density at radius 1 is 1.31 bits per heavy atom. The molecule has 3 nitrogen and oxygen atoms in total. The fourth-order valence-corrected chi connectivity index (χ4v) is 1.86. The standard InChI is InChI=1S/C11H11ClN2OS/c1-16-9-4-2-8(3-5-9)11-13-10(6-7-12)15-14-11/h2-5H,6-7H2,1H3. The number of aromatic nitrogens is 2. The highest BCUT2D eigenvalue weighted by molar-refractivity contribution is 7.98. The third-order valence-corrected chi connectivity index (χ3v) is 3.06. The topological polar surface area (TPSA) is 38.9 Å². The van der Waals surface area contributed by atoms with Crippen LogP contribution in [0.2, 0.25) is 0 Å². The summed E-state index contributed by atoms with van der Waals surface area (Å²) < 4.78 is 5.07. The Kier molecular flexibility index (Phi) is 3.85. The number of thioether (sulfide) groups is 1. The SMILES string of the molecule is CSc1ccc(-c2noc(CCCl)n2)cc1.